The van der Waals surface area contributed by atoms with Crippen LogP contribution in [0.4, 0.5) is 9.18 Å². The first kappa shape index (κ1) is 18.2. The number of methoxy groups -OCH3 is 1. The number of hydrogen-bond acceptors (Lipinski definition) is 3. The monoisotopic (exact) mass is 312 g/mol. The van der Waals surface area contributed by atoms with Crippen LogP contribution in [0.2, 0.25) is 0 Å². The number of ether oxygens (including phenoxy) is 1. The molecule has 22 heavy (non-hydrogen) atoms. The van der Waals surface area contributed by atoms with Crippen molar-refractivity contribution in [1.82, 2.24) is 10.6 Å². The van der Waals surface area contributed by atoms with Crippen molar-refractivity contribution in [3.05, 3.63) is 29.6 Å². The van der Waals surface area contributed by atoms with Crippen LogP contribution in [0.15, 0.2) is 18.2 Å². The maximum Gasteiger partial charge on any atom is 0.315 e. The number of benzene rings is 1. The van der Waals surface area contributed by atoms with Crippen LogP contribution in [0.3, 0.4) is 0 Å². The quantitative estimate of drug-likeness (QED) is 0.725. The average molecular weight is 312 g/mol. The van der Waals surface area contributed by atoms with Crippen LogP contribution in [-0.4, -0.2) is 30.9 Å². The summed E-state index contributed by atoms with van der Waals surface area (Å²) in [6, 6.07) is 3.79. The molecular weight excluding hydrogens is 287 g/mol. The van der Waals surface area contributed by atoms with Gasteiger partial charge in [0.1, 0.15) is 0 Å². The summed E-state index contributed by atoms with van der Waals surface area (Å²) >= 11 is 0. The molecule has 0 saturated carbocycles. The van der Waals surface area contributed by atoms with E-state index in [2.05, 4.69) is 10.6 Å². The normalized spacial score (nSPS) is 13.6. The number of carbonyl (C=O) groups excluding carboxylic acids is 1. The van der Waals surface area contributed by atoms with E-state index in [0.29, 0.717) is 17.9 Å². The number of urea groups is 1. The van der Waals surface area contributed by atoms with Crippen LogP contribution >= 0.6 is 0 Å². The van der Waals surface area contributed by atoms with Gasteiger partial charge in [-0.15, -0.1) is 0 Å². The van der Waals surface area contributed by atoms with Crippen molar-refractivity contribution in [3.8, 4) is 5.75 Å². The number of nitrogens with one attached hydrogen (secondary N) is 2. The van der Waals surface area contributed by atoms with Crippen molar-refractivity contribution in [2.75, 3.05) is 13.7 Å². The second kappa shape index (κ2) is 8.58. The average Bonchev–Trinajstić information content (AvgIpc) is 2.44. The van der Waals surface area contributed by atoms with Gasteiger partial charge in [0.15, 0.2) is 11.6 Å². The molecule has 0 radical (unpaired) electrons. The second-order valence-electron chi connectivity index (χ2n) is 5.75. The fourth-order valence-corrected chi connectivity index (χ4v) is 2.12. The Balaban J connectivity index is 2.48. The third-order valence-electron chi connectivity index (χ3n) is 3.27. The smallest absolute Gasteiger partial charge is 0.315 e. The first-order valence-corrected chi connectivity index (χ1v) is 7.39. The summed E-state index contributed by atoms with van der Waals surface area (Å²) in [6.07, 6.45) is 0.0546. The molecule has 2 unspecified atom stereocenters. The van der Waals surface area contributed by atoms with Crippen molar-refractivity contribution >= 4 is 6.03 Å². The van der Waals surface area contributed by atoms with Crippen molar-refractivity contribution in [2.45, 2.75) is 39.3 Å². The van der Waals surface area contributed by atoms with Crippen LogP contribution < -0.4 is 15.4 Å². The summed E-state index contributed by atoms with van der Waals surface area (Å²) in [7, 11) is 1.40. The molecule has 6 heteroatoms. The van der Waals surface area contributed by atoms with Gasteiger partial charge in [-0.1, -0.05) is 19.9 Å². The Bertz CT molecular complexity index is 494. The molecule has 3 N–H and O–H groups in total. The Labute approximate surface area is 130 Å². The lowest BCUT2D eigenvalue weighted by Crippen LogP contribution is -2.41. The molecule has 0 saturated heterocycles. The van der Waals surface area contributed by atoms with E-state index in [4.69, 9.17) is 4.74 Å². The molecule has 0 aliphatic rings. The van der Waals surface area contributed by atoms with Gasteiger partial charge in [-0.05, 0) is 37.0 Å². The predicted molar refractivity (Wildman–Crippen MR) is 83.4 cm³/mol. The van der Waals surface area contributed by atoms with Gasteiger partial charge in [-0.2, -0.15) is 0 Å². The minimum Gasteiger partial charge on any atom is -0.494 e. The molecule has 1 aromatic rings. The number of rotatable bonds is 7. The zero-order valence-electron chi connectivity index (χ0n) is 13.5. The minimum absolute atomic E-state index is 0.164. The van der Waals surface area contributed by atoms with E-state index in [0.717, 1.165) is 0 Å². The number of aliphatic hydroxyl groups excluding tert-OH is 1. The SMILES string of the molecule is COc1ccc(C(C)NC(=O)NCC(O)CC(C)C)cc1F. The lowest BCUT2D eigenvalue weighted by atomic mass is 10.1. The highest BCUT2D eigenvalue weighted by molar-refractivity contribution is 5.74. The topological polar surface area (TPSA) is 70.6 Å². The van der Waals surface area contributed by atoms with E-state index < -0.39 is 18.0 Å². The third-order valence-corrected chi connectivity index (χ3v) is 3.27. The predicted octanol–water partition coefficient (Wildman–Crippen LogP) is 2.60. The molecule has 5 nitrogen and oxygen atoms in total. The first-order chi connectivity index (χ1) is 10.3. The summed E-state index contributed by atoms with van der Waals surface area (Å²) in [5, 5.41) is 15.0. The highest BCUT2D eigenvalue weighted by atomic mass is 19.1. The number of aliphatic hydroxyl groups is 1. The third kappa shape index (κ3) is 5.89. The van der Waals surface area contributed by atoms with Crippen LogP contribution in [-0.2, 0) is 0 Å². The molecule has 2 amide bonds. The first-order valence-electron chi connectivity index (χ1n) is 7.39. The van der Waals surface area contributed by atoms with E-state index in [-0.39, 0.29) is 18.3 Å². The number of amides is 2. The molecule has 1 aromatic carbocycles. The molecule has 0 spiro atoms. The Morgan fingerprint density at radius 3 is 2.59 bits per heavy atom. The molecule has 2 atom stereocenters. The Morgan fingerprint density at radius 2 is 2.05 bits per heavy atom. The molecule has 1 rings (SSSR count). The summed E-state index contributed by atoms with van der Waals surface area (Å²) in [5.74, 6) is 0.0553. The van der Waals surface area contributed by atoms with Gasteiger partial charge in [0.05, 0.1) is 19.3 Å². The van der Waals surface area contributed by atoms with Crippen molar-refractivity contribution in [1.29, 1.82) is 0 Å². The molecule has 0 aliphatic heterocycles. The number of carbonyl (C=O) groups is 1. The zero-order chi connectivity index (χ0) is 16.7. The largest absolute Gasteiger partial charge is 0.494 e. The number of hydrogen-bond donors (Lipinski definition) is 3. The second-order valence-corrected chi connectivity index (χ2v) is 5.75. The van der Waals surface area contributed by atoms with Crippen LogP contribution in [0.25, 0.3) is 0 Å². The van der Waals surface area contributed by atoms with Crippen LogP contribution in [0, 0.1) is 11.7 Å². The molecule has 0 aromatic heterocycles. The maximum atomic E-state index is 13.6. The summed E-state index contributed by atoms with van der Waals surface area (Å²) < 4.78 is 18.5. The van der Waals surface area contributed by atoms with Crippen molar-refractivity contribution < 1.29 is 19.0 Å². The minimum atomic E-state index is -0.570. The highest BCUT2D eigenvalue weighted by Crippen LogP contribution is 2.21. The van der Waals surface area contributed by atoms with E-state index in [1.807, 2.05) is 13.8 Å². The molecule has 0 heterocycles. The molecule has 124 valence electrons. The van der Waals surface area contributed by atoms with E-state index >= 15 is 0 Å². The lowest BCUT2D eigenvalue weighted by molar-refractivity contribution is 0.146. The van der Waals surface area contributed by atoms with Crippen LogP contribution in [0.5, 0.6) is 5.75 Å². The zero-order valence-corrected chi connectivity index (χ0v) is 13.5. The van der Waals surface area contributed by atoms with Gasteiger partial charge in [-0.25, -0.2) is 9.18 Å². The summed E-state index contributed by atoms with van der Waals surface area (Å²) in [6.45, 7) is 5.95. The lowest BCUT2D eigenvalue weighted by Gasteiger charge is -2.18. The van der Waals surface area contributed by atoms with E-state index in [9.17, 15) is 14.3 Å². The highest BCUT2D eigenvalue weighted by Gasteiger charge is 2.13. The fraction of sp³-hybridized carbons (Fsp3) is 0.562. The molecule has 0 fully saturated rings. The van der Waals surface area contributed by atoms with E-state index in [1.54, 1.807) is 13.0 Å². The van der Waals surface area contributed by atoms with Crippen LogP contribution in [0.1, 0.15) is 38.8 Å². The molecule has 0 aliphatic carbocycles. The number of halogens is 1. The van der Waals surface area contributed by atoms with Crippen molar-refractivity contribution in [2.24, 2.45) is 5.92 Å². The Kier molecular flexibility index (Phi) is 7.11. The summed E-state index contributed by atoms with van der Waals surface area (Å²) in [5.41, 5.74) is 0.635. The fourth-order valence-electron chi connectivity index (χ4n) is 2.12. The Morgan fingerprint density at radius 1 is 1.36 bits per heavy atom. The molecular formula is C16H25FN2O3. The molecule has 0 bridgehead atoms. The van der Waals surface area contributed by atoms with Crippen molar-refractivity contribution in [3.63, 3.8) is 0 Å². The van der Waals surface area contributed by atoms with Gasteiger partial charge < -0.3 is 20.5 Å². The standard InChI is InChI=1S/C16H25FN2O3/c1-10(2)7-13(20)9-18-16(21)19-11(3)12-5-6-15(22-4)14(17)8-12/h5-6,8,10-11,13,20H,7,9H2,1-4H3,(H2,18,19,21). The van der Waals surface area contributed by atoms with Gasteiger partial charge in [0.2, 0.25) is 0 Å². The van der Waals surface area contributed by atoms with Gasteiger partial charge in [0, 0.05) is 6.54 Å². The van der Waals surface area contributed by atoms with Gasteiger partial charge >= 0.3 is 6.03 Å². The summed E-state index contributed by atoms with van der Waals surface area (Å²) in [4.78, 5) is 11.8. The van der Waals surface area contributed by atoms with E-state index in [1.165, 1.54) is 19.2 Å². The van der Waals surface area contributed by atoms with Gasteiger partial charge in [0.25, 0.3) is 0 Å². The van der Waals surface area contributed by atoms with Gasteiger partial charge in [-0.3, -0.25) is 0 Å². The Hall–Kier alpha value is -1.82. The maximum absolute atomic E-state index is 13.6.